The molecule has 5 heteroatoms. The number of hydrogen-bond acceptors (Lipinski definition) is 4. The summed E-state index contributed by atoms with van der Waals surface area (Å²) in [6, 6.07) is 1.83. The Bertz CT molecular complexity index is 312. The van der Waals surface area contributed by atoms with E-state index in [2.05, 4.69) is 5.32 Å². The number of thiophene rings is 1. The fourth-order valence-electron chi connectivity index (χ4n) is 0.942. The van der Waals surface area contributed by atoms with Crippen LogP contribution in [0.2, 0.25) is 0 Å². The van der Waals surface area contributed by atoms with Crippen LogP contribution >= 0.6 is 11.3 Å². The summed E-state index contributed by atoms with van der Waals surface area (Å²) in [4.78, 5) is 11.8. The fraction of sp³-hybridized carbons (Fsp3) is 0.444. The zero-order valence-corrected chi connectivity index (χ0v) is 8.80. The predicted molar refractivity (Wildman–Crippen MR) is 56.2 cm³/mol. The summed E-state index contributed by atoms with van der Waals surface area (Å²) in [7, 11) is 0. The number of rotatable bonds is 5. The van der Waals surface area contributed by atoms with Crippen molar-refractivity contribution in [1.82, 2.24) is 5.32 Å². The van der Waals surface area contributed by atoms with Gasteiger partial charge in [0.1, 0.15) is 0 Å². The van der Waals surface area contributed by atoms with E-state index < -0.39 is 5.91 Å². The van der Waals surface area contributed by atoms with Gasteiger partial charge >= 0.3 is 0 Å². The molecule has 0 aliphatic heterocycles. The zero-order valence-electron chi connectivity index (χ0n) is 7.99. The van der Waals surface area contributed by atoms with E-state index in [1.54, 1.807) is 11.4 Å². The molecule has 0 aromatic carbocycles. The standard InChI is InChI=1S/C9H14N2O2S/c1-6(4-12)11-3-8-2-7(5-14-8)9(10)13/h2,5-6,11-12H,3-4H2,1H3,(H2,10,13)/t6-/m1/s1. The van der Waals surface area contributed by atoms with Crippen molar-refractivity contribution < 1.29 is 9.90 Å². The molecular formula is C9H14N2O2S. The van der Waals surface area contributed by atoms with Crippen LogP contribution in [0, 0.1) is 0 Å². The lowest BCUT2D eigenvalue weighted by Gasteiger charge is -2.08. The smallest absolute Gasteiger partial charge is 0.249 e. The van der Waals surface area contributed by atoms with Gasteiger partial charge < -0.3 is 16.2 Å². The van der Waals surface area contributed by atoms with Gasteiger partial charge in [-0.05, 0) is 13.0 Å². The van der Waals surface area contributed by atoms with E-state index in [0.29, 0.717) is 12.1 Å². The maximum absolute atomic E-state index is 10.8. The average Bonchev–Trinajstić information content (AvgIpc) is 2.62. The monoisotopic (exact) mass is 214 g/mol. The normalized spacial score (nSPS) is 12.7. The largest absolute Gasteiger partial charge is 0.395 e. The van der Waals surface area contributed by atoms with Crippen molar-refractivity contribution >= 4 is 17.2 Å². The molecule has 78 valence electrons. The Morgan fingerprint density at radius 2 is 2.50 bits per heavy atom. The van der Waals surface area contributed by atoms with E-state index in [1.807, 2.05) is 6.92 Å². The molecule has 1 aromatic heterocycles. The molecule has 0 unspecified atom stereocenters. The van der Waals surface area contributed by atoms with E-state index in [0.717, 1.165) is 4.88 Å². The molecule has 0 bridgehead atoms. The predicted octanol–water partition coefficient (Wildman–Crippen LogP) is 0.317. The minimum Gasteiger partial charge on any atom is -0.395 e. The third-order valence-corrected chi connectivity index (χ3v) is 2.77. The summed E-state index contributed by atoms with van der Waals surface area (Å²) in [5.74, 6) is -0.400. The second-order valence-corrected chi connectivity index (χ2v) is 4.13. The quantitative estimate of drug-likeness (QED) is 0.660. The first-order chi connectivity index (χ1) is 6.63. The second-order valence-electron chi connectivity index (χ2n) is 3.13. The molecule has 4 N–H and O–H groups in total. The van der Waals surface area contributed by atoms with Crippen LogP contribution in [0.15, 0.2) is 11.4 Å². The van der Waals surface area contributed by atoms with Crippen LogP contribution in [0.5, 0.6) is 0 Å². The van der Waals surface area contributed by atoms with Crippen molar-refractivity contribution in [3.05, 3.63) is 21.9 Å². The summed E-state index contributed by atoms with van der Waals surface area (Å²) >= 11 is 1.49. The van der Waals surface area contributed by atoms with Crippen molar-refractivity contribution in [1.29, 1.82) is 0 Å². The van der Waals surface area contributed by atoms with Gasteiger partial charge in [0.05, 0.1) is 12.2 Å². The average molecular weight is 214 g/mol. The van der Waals surface area contributed by atoms with Gasteiger partial charge in [-0.25, -0.2) is 0 Å². The van der Waals surface area contributed by atoms with Crippen LogP contribution in [-0.2, 0) is 6.54 Å². The first-order valence-electron chi connectivity index (χ1n) is 4.35. The number of aliphatic hydroxyl groups excluding tert-OH is 1. The summed E-state index contributed by atoms with van der Waals surface area (Å²) in [6.45, 7) is 2.65. The van der Waals surface area contributed by atoms with Crippen LogP contribution < -0.4 is 11.1 Å². The van der Waals surface area contributed by atoms with Crippen molar-refractivity contribution in [3.8, 4) is 0 Å². The lowest BCUT2D eigenvalue weighted by Crippen LogP contribution is -2.28. The number of nitrogens with one attached hydrogen (secondary N) is 1. The molecule has 0 saturated heterocycles. The molecule has 1 atom stereocenters. The number of carbonyl (C=O) groups excluding carboxylic acids is 1. The molecule has 0 saturated carbocycles. The molecule has 1 heterocycles. The van der Waals surface area contributed by atoms with Gasteiger partial charge in [0, 0.05) is 22.8 Å². The summed E-state index contributed by atoms with van der Waals surface area (Å²) in [5.41, 5.74) is 5.66. The lowest BCUT2D eigenvalue weighted by molar-refractivity contribution is 0.100. The van der Waals surface area contributed by atoms with Crippen molar-refractivity contribution in [2.24, 2.45) is 5.73 Å². The Hall–Kier alpha value is -0.910. The van der Waals surface area contributed by atoms with Gasteiger partial charge in [0.15, 0.2) is 0 Å². The van der Waals surface area contributed by atoms with E-state index in [1.165, 1.54) is 11.3 Å². The maximum atomic E-state index is 10.8. The van der Waals surface area contributed by atoms with Crippen molar-refractivity contribution in [2.75, 3.05) is 6.61 Å². The summed E-state index contributed by atoms with van der Waals surface area (Å²) in [5, 5.41) is 13.6. The van der Waals surface area contributed by atoms with Crippen molar-refractivity contribution in [3.63, 3.8) is 0 Å². The molecule has 1 aromatic rings. The van der Waals surface area contributed by atoms with Gasteiger partial charge in [-0.3, -0.25) is 4.79 Å². The summed E-state index contributed by atoms with van der Waals surface area (Å²) < 4.78 is 0. The third-order valence-electron chi connectivity index (χ3n) is 1.84. The van der Waals surface area contributed by atoms with E-state index in [4.69, 9.17) is 10.8 Å². The van der Waals surface area contributed by atoms with Crippen LogP contribution in [0.1, 0.15) is 22.2 Å². The zero-order chi connectivity index (χ0) is 10.6. The lowest BCUT2D eigenvalue weighted by atomic mass is 10.3. The Balaban J connectivity index is 2.48. The number of carbonyl (C=O) groups is 1. The van der Waals surface area contributed by atoms with Gasteiger partial charge in [-0.15, -0.1) is 11.3 Å². The Labute approximate surface area is 86.7 Å². The first-order valence-corrected chi connectivity index (χ1v) is 5.23. The first kappa shape index (κ1) is 11.2. The van der Waals surface area contributed by atoms with Gasteiger partial charge in [-0.2, -0.15) is 0 Å². The van der Waals surface area contributed by atoms with Gasteiger partial charge in [0.2, 0.25) is 5.91 Å². The number of hydrogen-bond donors (Lipinski definition) is 3. The number of nitrogens with two attached hydrogens (primary N) is 1. The molecule has 0 aliphatic rings. The molecule has 1 amide bonds. The molecular weight excluding hydrogens is 200 g/mol. The van der Waals surface area contributed by atoms with Gasteiger partial charge in [-0.1, -0.05) is 0 Å². The fourth-order valence-corrected chi connectivity index (χ4v) is 1.77. The number of aliphatic hydroxyl groups is 1. The number of amides is 1. The third kappa shape index (κ3) is 3.10. The molecule has 4 nitrogen and oxygen atoms in total. The minimum absolute atomic E-state index is 0.0640. The number of primary amides is 1. The van der Waals surface area contributed by atoms with Crippen LogP contribution in [0.4, 0.5) is 0 Å². The highest BCUT2D eigenvalue weighted by Crippen LogP contribution is 2.13. The van der Waals surface area contributed by atoms with E-state index >= 15 is 0 Å². The highest BCUT2D eigenvalue weighted by atomic mass is 32.1. The maximum Gasteiger partial charge on any atom is 0.249 e. The molecule has 0 fully saturated rings. The Morgan fingerprint density at radius 3 is 3.00 bits per heavy atom. The summed E-state index contributed by atoms with van der Waals surface area (Å²) in [6.07, 6.45) is 0. The highest BCUT2D eigenvalue weighted by molar-refractivity contribution is 7.10. The molecule has 14 heavy (non-hydrogen) atoms. The second kappa shape index (κ2) is 5.09. The Morgan fingerprint density at radius 1 is 1.79 bits per heavy atom. The SMILES string of the molecule is C[C@H](CO)NCc1cc(C(N)=O)cs1. The Kier molecular flexibility index (Phi) is 4.06. The molecule has 0 radical (unpaired) electrons. The topological polar surface area (TPSA) is 75.3 Å². The van der Waals surface area contributed by atoms with Crippen LogP contribution in [0.3, 0.4) is 0 Å². The molecule has 0 spiro atoms. The van der Waals surface area contributed by atoms with E-state index in [-0.39, 0.29) is 12.6 Å². The van der Waals surface area contributed by atoms with Gasteiger partial charge in [0.25, 0.3) is 0 Å². The van der Waals surface area contributed by atoms with Crippen LogP contribution in [0.25, 0.3) is 0 Å². The minimum atomic E-state index is -0.400. The van der Waals surface area contributed by atoms with Crippen LogP contribution in [-0.4, -0.2) is 23.7 Å². The van der Waals surface area contributed by atoms with Crippen molar-refractivity contribution in [2.45, 2.75) is 19.5 Å². The molecule has 0 aliphatic carbocycles. The highest BCUT2D eigenvalue weighted by Gasteiger charge is 2.05. The van der Waals surface area contributed by atoms with E-state index in [9.17, 15) is 4.79 Å². The molecule has 1 rings (SSSR count).